The van der Waals surface area contributed by atoms with Gasteiger partial charge in [0.1, 0.15) is 23.6 Å². The molecule has 2 aromatic rings. The molecular formula is C15H13ClF2N2O3. The standard InChI is InChI=1S/C15H13ClF2N2O3/c16-14-4-1-9(6-19-14)15(22)20-7-10(21)8-23-11-2-3-12(17)13(18)5-11/h1-6,10,21H,7-8H2,(H,20,22)/t10-/m1/s1. The minimum absolute atomic E-state index is 0.0782. The molecule has 0 unspecified atom stereocenters. The van der Waals surface area contributed by atoms with Crippen LogP contribution in [0, 0.1) is 11.6 Å². The lowest BCUT2D eigenvalue weighted by molar-refractivity contribution is 0.0843. The minimum atomic E-state index is -1.04. The number of nitrogens with zero attached hydrogens (tertiary/aromatic N) is 1. The van der Waals surface area contributed by atoms with Gasteiger partial charge in [0.25, 0.3) is 5.91 Å². The number of pyridine rings is 1. The van der Waals surface area contributed by atoms with Gasteiger partial charge >= 0.3 is 0 Å². The first-order valence-corrected chi connectivity index (χ1v) is 6.99. The van der Waals surface area contributed by atoms with Crippen molar-refractivity contribution in [3.8, 4) is 5.75 Å². The van der Waals surface area contributed by atoms with E-state index in [2.05, 4.69) is 10.3 Å². The SMILES string of the molecule is O=C(NC[C@@H](O)COc1ccc(F)c(F)c1)c1ccc(Cl)nc1. The Hall–Kier alpha value is -2.25. The van der Waals surface area contributed by atoms with E-state index in [4.69, 9.17) is 16.3 Å². The minimum Gasteiger partial charge on any atom is -0.491 e. The third-order valence-electron chi connectivity index (χ3n) is 2.82. The summed E-state index contributed by atoms with van der Waals surface area (Å²) < 4.78 is 30.9. The highest BCUT2D eigenvalue weighted by molar-refractivity contribution is 6.29. The Morgan fingerprint density at radius 3 is 2.74 bits per heavy atom. The summed E-state index contributed by atoms with van der Waals surface area (Å²) in [5.74, 6) is -2.38. The summed E-state index contributed by atoms with van der Waals surface area (Å²) in [5, 5.41) is 12.5. The quantitative estimate of drug-likeness (QED) is 0.789. The highest BCUT2D eigenvalue weighted by Gasteiger charge is 2.11. The highest BCUT2D eigenvalue weighted by atomic mass is 35.5. The number of hydrogen-bond donors (Lipinski definition) is 2. The monoisotopic (exact) mass is 342 g/mol. The van der Waals surface area contributed by atoms with Crippen LogP contribution in [-0.2, 0) is 0 Å². The van der Waals surface area contributed by atoms with Crippen LogP contribution in [0.5, 0.6) is 5.75 Å². The summed E-state index contributed by atoms with van der Waals surface area (Å²) >= 11 is 5.61. The third-order valence-corrected chi connectivity index (χ3v) is 3.04. The van der Waals surface area contributed by atoms with Crippen LogP contribution in [0.25, 0.3) is 0 Å². The Bertz CT molecular complexity index is 683. The molecule has 122 valence electrons. The zero-order chi connectivity index (χ0) is 16.8. The van der Waals surface area contributed by atoms with Crippen molar-refractivity contribution in [2.75, 3.05) is 13.2 Å². The van der Waals surface area contributed by atoms with Crippen LogP contribution in [0.1, 0.15) is 10.4 Å². The van der Waals surface area contributed by atoms with E-state index in [0.29, 0.717) is 5.56 Å². The van der Waals surface area contributed by atoms with Gasteiger partial charge in [-0.1, -0.05) is 11.6 Å². The van der Waals surface area contributed by atoms with Gasteiger partial charge < -0.3 is 15.2 Å². The number of aliphatic hydroxyl groups excluding tert-OH is 1. The van der Waals surface area contributed by atoms with Gasteiger partial charge in [0.2, 0.25) is 0 Å². The van der Waals surface area contributed by atoms with E-state index >= 15 is 0 Å². The maximum atomic E-state index is 13.0. The van der Waals surface area contributed by atoms with Gasteiger partial charge in [0.15, 0.2) is 11.6 Å². The third kappa shape index (κ3) is 5.15. The van der Waals surface area contributed by atoms with Crippen LogP contribution in [0.2, 0.25) is 5.15 Å². The van der Waals surface area contributed by atoms with E-state index in [1.165, 1.54) is 24.4 Å². The molecule has 0 aliphatic carbocycles. The smallest absolute Gasteiger partial charge is 0.252 e. The van der Waals surface area contributed by atoms with E-state index in [9.17, 15) is 18.7 Å². The van der Waals surface area contributed by atoms with E-state index in [1.807, 2.05) is 0 Å². The summed E-state index contributed by atoms with van der Waals surface area (Å²) in [5.41, 5.74) is 0.295. The van der Waals surface area contributed by atoms with Gasteiger partial charge in [0, 0.05) is 18.8 Å². The fourth-order valence-corrected chi connectivity index (χ4v) is 1.75. The van der Waals surface area contributed by atoms with Gasteiger partial charge in [-0.15, -0.1) is 0 Å². The first-order chi connectivity index (χ1) is 11.0. The molecule has 1 heterocycles. The number of amides is 1. The molecule has 1 amide bonds. The first kappa shape index (κ1) is 17.1. The normalized spacial score (nSPS) is 11.8. The van der Waals surface area contributed by atoms with Gasteiger partial charge in [-0.2, -0.15) is 0 Å². The van der Waals surface area contributed by atoms with Crippen molar-refractivity contribution < 1.29 is 23.4 Å². The molecule has 0 bridgehead atoms. The van der Waals surface area contributed by atoms with E-state index in [0.717, 1.165) is 12.1 Å². The van der Waals surface area contributed by atoms with Crippen molar-refractivity contribution >= 4 is 17.5 Å². The number of benzene rings is 1. The number of hydrogen-bond acceptors (Lipinski definition) is 4. The summed E-state index contributed by atoms with van der Waals surface area (Å²) in [7, 11) is 0. The molecule has 0 aliphatic heterocycles. The predicted octanol–water partition coefficient (Wildman–Crippen LogP) is 2.18. The summed E-state index contributed by atoms with van der Waals surface area (Å²) in [6.45, 7) is -0.268. The number of aromatic nitrogens is 1. The second kappa shape index (κ2) is 7.85. The van der Waals surface area contributed by atoms with Crippen molar-refractivity contribution in [1.29, 1.82) is 0 Å². The molecule has 0 fully saturated rings. The van der Waals surface area contributed by atoms with Crippen LogP contribution < -0.4 is 10.1 Å². The number of nitrogens with one attached hydrogen (secondary N) is 1. The van der Waals surface area contributed by atoms with Crippen LogP contribution in [0.15, 0.2) is 36.5 Å². The van der Waals surface area contributed by atoms with Crippen molar-refractivity contribution in [3.05, 3.63) is 58.9 Å². The second-order valence-corrected chi connectivity index (χ2v) is 5.01. The molecule has 5 nitrogen and oxygen atoms in total. The lowest BCUT2D eigenvalue weighted by atomic mass is 10.2. The average molecular weight is 343 g/mol. The van der Waals surface area contributed by atoms with E-state index in [1.54, 1.807) is 0 Å². The fraction of sp³-hybridized carbons (Fsp3) is 0.200. The lowest BCUT2D eigenvalue weighted by Crippen LogP contribution is -2.35. The number of aliphatic hydroxyl groups is 1. The molecular weight excluding hydrogens is 330 g/mol. The van der Waals surface area contributed by atoms with Gasteiger partial charge in [-0.05, 0) is 24.3 Å². The number of halogens is 3. The zero-order valence-electron chi connectivity index (χ0n) is 11.8. The van der Waals surface area contributed by atoms with Crippen molar-refractivity contribution in [1.82, 2.24) is 10.3 Å². The van der Waals surface area contributed by atoms with Gasteiger partial charge in [-0.25, -0.2) is 13.8 Å². The van der Waals surface area contributed by atoms with E-state index in [-0.39, 0.29) is 24.1 Å². The average Bonchev–Trinajstić information content (AvgIpc) is 2.54. The Kier molecular flexibility index (Phi) is 5.84. The fourth-order valence-electron chi connectivity index (χ4n) is 1.64. The molecule has 0 spiro atoms. The Balaban J connectivity index is 1.78. The number of rotatable bonds is 6. The summed E-state index contributed by atoms with van der Waals surface area (Å²) in [4.78, 5) is 15.5. The Morgan fingerprint density at radius 1 is 1.30 bits per heavy atom. The molecule has 1 aromatic heterocycles. The van der Waals surface area contributed by atoms with Crippen molar-refractivity contribution in [2.45, 2.75) is 6.10 Å². The predicted molar refractivity (Wildman–Crippen MR) is 79.4 cm³/mol. The number of carbonyl (C=O) groups is 1. The molecule has 1 aromatic carbocycles. The number of carbonyl (C=O) groups excluding carboxylic acids is 1. The maximum Gasteiger partial charge on any atom is 0.252 e. The molecule has 2 N–H and O–H groups in total. The van der Waals surface area contributed by atoms with Crippen LogP contribution in [0.3, 0.4) is 0 Å². The molecule has 1 atom stereocenters. The summed E-state index contributed by atoms with van der Waals surface area (Å²) in [6, 6.07) is 6.00. The van der Waals surface area contributed by atoms with Gasteiger partial charge in [-0.3, -0.25) is 4.79 Å². The number of ether oxygens (including phenoxy) is 1. The van der Waals surface area contributed by atoms with Crippen molar-refractivity contribution in [3.63, 3.8) is 0 Å². The highest BCUT2D eigenvalue weighted by Crippen LogP contribution is 2.15. The Morgan fingerprint density at radius 2 is 2.09 bits per heavy atom. The van der Waals surface area contributed by atoms with Crippen LogP contribution in [0.4, 0.5) is 8.78 Å². The van der Waals surface area contributed by atoms with E-state index < -0.39 is 23.6 Å². The molecule has 2 rings (SSSR count). The van der Waals surface area contributed by atoms with Crippen molar-refractivity contribution in [2.24, 2.45) is 0 Å². The second-order valence-electron chi connectivity index (χ2n) is 4.62. The van der Waals surface area contributed by atoms with Gasteiger partial charge in [0.05, 0.1) is 5.56 Å². The largest absolute Gasteiger partial charge is 0.491 e. The molecule has 8 heteroatoms. The molecule has 23 heavy (non-hydrogen) atoms. The van der Waals surface area contributed by atoms with Crippen LogP contribution >= 0.6 is 11.6 Å². The zero-order valence-corrected chi connectivity index (χ0v) is 12.6. The first-order valence-electron chi connectivity index (χ1n) is 6.61. The molecule has 0 saturated carbocycles. The summed E-state index contributed by atoms with van der Waals surface area (Å²) in [6.07, 6.45) is 0.286. The molecule has 0 radical (unpaired) electrons. The van der Waals surface area contributed by atoms with Crippen LogP contribution in [-0.4, -0.2) is 35.3 Å². The molecule has 0 aliphatic rings. The molecule has 0 saturated heterocycles. The Labute approximate surface area is 135 Å². The lowest BCUT2D eigenvalue weighted by Gasteiger charge is -2.13. The maximum absolute atomic E-state index is 13.0. The topological polar surface area (TPSA) is 71.5 Å².